The molecule has 28 heavy (non-hydrogen) atoms. The summed E-state index contributed by atoms with van der Waals surface area (Å²) in [6.45, 7) is 6.27. The van der Waals surface area contributed by atoms with Crippen LogP contribution in [0.15, 0.2) is 66.7 Å². The molecule has 0 aliphatic carbocycles. The Balaban J connectivity index is 1.91. The van der Waals surface area contributed by atoms with Gasteiger partial charge in [0.2, 0.25) is 0 Å². The van der Waals surface area contributed by atoms with Crippen LogP contribution in [0.4, 0.5) is 0 Å². The van der Waals surface area contributed by atoms with E-state index in [2.05, 4.69) is 38.1 Å². The van der Waals surface area contributed by atoms with Crippen LogP contribution < -0.4 is 9.47 Å². The second-order valence-electron chi connectivity index (χ2n) is 7.04. The van der Waals surface area contributed by atoms with Gasteiger partial charge in [-0.1, -0.05) is 62.4 Å². The van der Waals surface area contributed by atoms with Crippen molar-refractivity contribution in [2.45, 2.75) is 26.2 Å². The summed E-state index contributed by atoms with van der Waals surface area (Å²) >= 11 is 0. The number of ether oxygens (including phenoxy) is 2. The normalized spacial score (nSPS) is 10.6. The Bertz CT molecular complexity index is 1050. The zero-order valence-electron chi connectivity index (χ0n) is 16.1. The molecule has 0 fully saturated rings. The summed E-state index contributed by atoms with van der Waals surface area (Å²) in [6, 6.07) is 21.7. The zero-order valence-corrected chi connectivity index (χ0v) is 16.1. The van der Waals surface area contributed by atoms with Crippen LogP contribution in [0.1, 0.15) is 30.5 Å². The first kappa shape index (κ1) is 19.0. The Morgan fingerprint density at radius 2 is 1.32 bits per heavy atom. The molecule has 3 aromatic rings. The number of rotatable bonds is 5. The Morgan fingerprint density at radius 1 is 0.750 bits per heavy atom. The van der Waals surface area contributed by atoms with E-state index in [0.717, 1.165) is 22.3 Å². The molecular weight excluding hydrogens is 348 g/mol. The second kappa shape index (κ2) is 7.86. The highest BCUT2D eigenvalue weighted by Crippen LogP contribution is 2.35. The molecule has 0 aliphatic heterocycles. The second-order valence-corrected chi connectivity index (χ2v) is 7.04. The molecule has 0 N–H and O–H groups in total. The zero-order chi connectivity index (χ0) is 20.1. The molecule has 0 heterocycles. The van der Waals surface area contributed by atoms with E-state index in [1.54, 1.807) is 30.7 Å². The maximum absolute atomic E-state index is 8.79. The molecule has 3 aromatic carbocycles. The number of hydrogen-bond donors (Lipinski definition) is 0. The smallest absolute Gasteiger partial charge is 0.292 e. The number of benzene rings is 3. The minimum atomic E-state index is -0.204. The van der Waals surface area contributed by atoms with E-state index in [-0.39, 0.29) is 5.41 Å². The van der Waals surface area contributed by atoms with Crippen molar-refractivity contribution in [1.29, 1.82) is 10.5 Å². The van der Waals surface area contributed by atoms with Gasteiger partial charge in [-0.15, -0.1) is 10.5 Å². The first-order chi connectivity index (χ1) is 13.5. The van der Waals surface area contributed by atoms with Crippen molar-refractivity contribution in [2.75, 3.05) is 0 Å². The van der Waals surface area contributed by atoms with Gasteiger partial charge >= 0.3 is 0 Å². The van der Waals surface area contributed by atoms with Gasteiger partial charge in [0.05, 0.1) is 0 Å². The van der Waals surface area contributed by atoms with E-state index in [4.69, 9.17) is 20.0 Å². The van der Waals surface area contributed by atoms with E-state index in [9.17, 15) is 0 Å². The average Bonchev–Trinajstić information content (AvgIpc) is 2.71. The van der Waals surface area contributed by atoms with Crippen molar-refractivity contribution in [3.05, 3.63) is 83.4 Å². The van der Waals surface area contributed by atoms with E-state index in [1.807, 2.05) is 31.2 Å². The van der Waals surface area contributed by atoms with Gasteiger partial charge in [0.1, 0.15) is 11.5 Å². The molecule has 0 atom stereocenters. The van der Waals surface area contributed by atoms with Crippen LogP contribution in [-0.4, -0.2) is 0 Å². The van der Waals surface area contributed by atoms with E-state index >= 15 is 0 Å². The van der Waals surface area contributed by atoms with Gasteiger partial charge in [0, 0.05) is 11.0 Å². The third-order valence-electron chi connectivity index (χ3n) is 5.10. The lowest BCUT2D eigenvalue weighted by Crippen LogP contribution is -2.18. The SMILES string of the molecule is Cc1c(OC#N)cccc1-c1ccc(C(C)(C)c2ccc(OC#N)cc2)cc1. The largest absolute Gasteiger partial charge is 0.388 e. The lowest BCUT2D eigenvalue weighted by Gasteiger charge is -2.26. The highest BCUT2D eigenvalue weighted by molar-refractivity contribution is 5.70. The molecule has 0 saturated heterocycles. The van der Waals surface area contributed by atoms with Gasteiger partial charge in [-0.25, -0.2) is 0 Å². The van der Waals surface area contributed by atoms with Crippen LogP contribution in [0.3, 0.4) is 0 Å². The average molecular weight is 368 g/mol. The summed E-state index contributed by atoms with van der Waals surface area (Å²) in [5.41, 5.74) is 5.14. The fraction of sp³-hybridized carbons (Fsp3) is 0.167. The Hall–Kier alpha value is -3.76. The van der Waals surface area contributed by atoms with Crippen molar-refractivity contribution in [3.63, 3.8) is 0 Å². The van der Waals surface area contributed by atoms with Crippen molar-refractivity contribution >= 4 is 0 Å². The molecule has 0 amide bonds. The molecule has 0 radical (unpaired) electrons. The fourth-order valence-corrected chi connectivity index (χ4v) is 3.31. The van der Waals surface area contributed by atoms with Gasteiger partial charge < -0.3 is 9.47 Å². The lowest BCUT2D eigenvalue weighted by molar-refractivity contribution is 0.503. The van der Waals surface area contributed by atoms with Crippen molar-refractivity contribution < 1.29 is 9.47 Å². The first-order valence-corrected chi connectivity index (χ1v) is 8.90. The molecule has 0 saturated carbocycles. The minimum absolute atomic E-state index is 0.204. The van der Waals surface area contributed by atoms with E-state index in [1.165, 1.54) is 5.56 Å². The predicted molar refractivity (Wildman–Crippen MR) is 108 cm³/mol. The molecule has 138 valence electrons. The van der Waals surface area contributed by atoms with Gasteiger partial charge in [-0.3, -0.25) is 0 Å². The Morgan fingerprint density at radius 3 is 1.89 bits per heavy atom. The standard InChI is InChI=1S/C24H20N2O2/c1-17-22(5-4-6-23(17)28-16-26)18-7-9-19(10-8-18)24(2,3)20-11-13-21(14-12-20)27-15-25/h4-14H,1-3H3. The number of nitrogens with zero attached hydrogens (tertiary/aromatic N) is 2. The van der Waals surface area contributed by atoms with Crippen LogP contribution in [0.2, 0.25) is 0 Å². The minimum Gasteiger partial charge on any atom is -0.388 e. The fourth-order valence-electron chi connectivity index (χ4n) is 3.31. The van der Waals surface area contributed by atoms with Crippen LogP contribution in [0, 0.1) is 30.0 Å². The monoisotopic (exact) mass is 368 g/mol. The topological polar surface area (TPSA) is 66.0 Å². The van der Waals surface area contributed by atoms with Gasteiger partial charge in [0.25, 0.3) is 12.5 Å². The maximum atomic E-state index is 8.79. The third-order valence-corrected chi connectivity index (χ3v) is 5.10. The molecule has 3 rings (SSSR count). The highest BCUT2D eigenvalue weighted by atomic mass is 16.5. The van der Waals surface area contributed by atoms with Crippen LogP contribution in [0.25, 0.3) is 11.1 Å². The number of nitriles is 2. The third kappa shape index (κ3) is 3.68. The first-order valence-electron chi connectivity index (χ1n) is 8.90. The molecule has 4 nitrogen and oxygen atoms in total. The van der Waals surface area contributed by atoms with Gasteiger partial charge in [-0.2, -0.15) is 0 Å². The Kier molecular flexibility index (Phi) is 5.34. The van der Waals surface area contributed by atoms with E-state index in [0.29, 0.717) is 11.5 Å². The van der Waals surface area contributed by atoms with Crippen LogP contribution in [-0.2, 0) is 5.41 Å². The Labute approximate surface area is 165 Å². The van der Waals surface area contributed by atoms with Crippen molar-refractivity contribution in [1.82, 2.24) is 0 Å². The summed E-state index contributed by atoms with van der Waals surface area (Å²) in [5, 5.41) is 17.4. The van der Waals surface area contributed by atoms with Crippen LogP contribution >= 0.6 is 0 Å². The molecule has 0 spiro atoms. The molecule has 0 unspecified atom stereocenters. The molecule has 0 aromatic heterocycles. The number of hydrogen-bond acceptors (Lipinski definition) is 4. The van der Waals surface area contributed by atoms with Crippen LogP contribution in [0.5, 0.6) is 11.5 Å². The molecular formula is C24H20N2O2. The van der Waals surface area contributed by atoms with Crippen molar-refractivity contribution in [3.8, 4) is 35.1 Å². The lowest BCUT2D eigenvalue weighted by atomic mass is 9.78. The summed E-state index contributed by atoms with van der Waals surface area (Å²) in [5.74, 6) is 1.11. The highest BCUT2D eigenvalue weighted by Gasteiger charge is 2.23. The maximum Gasteiger partial charge on any atom is 0.292 e. The molecule has 0 aliphatic rings. The summed E-state index contributed by atoms with van der Waals surface area (Å²) in [7, 11) is 0. The van der Waals surface area contributed by atoms with E-state index < -0.39 is 0 Å². The summed E-state index contributed by atoms with van der Waals surface area (Å²) in [6.07, 6.45) is 3.42. The summed E-state index contributed by atoms with van der Waals surface area (Å²) in [4.78, 5) is 0. The molecule has 0 bridgehead atoms. The molecule has 4 heteroatoms. The van der Waals surface area contributed by atoms with Crippen molar-refractivity contribution in [2.24, 2.45) is 0 Å². The predicted octanol–water partition coefficient (Wildman–Crippen LogP) is 5.71. The van der Waals surface area contributed by atoms with Gasteiger partial charge in [-0.05, 0) is 47.4 Å². The summed E-state index contributed by atoms with van der Waals surface area (Å²) < 4.78 is 9.89. The van der Waals surface area contributed by atoms with Gasteiger partial charge in [0.15, 0.2) is 0 Å². The quantitative estimate of drug-likeness (QED) is 0.541.